The molecule has 4 aromatic rings. The zero-order chi connectivity index (χ0) is 31.7. The molecule has 0 aliphatic heterocycles. The standard InChI is InChI=1S/C36H41N3O4S/c1-5-29(4)37-36(41)34(24-30-15-8-6-9-16-30)38(25-31-17-13-12-14-28(31)3)35(40)26-39(32-18-10-7-11-19-32)44(42,43)33-22-20-27(2)21-23-33/h6-23,29,34H,5,24-26H2,1-4H3,(H,37,41)/t29-,34+/m1/s1. The summed E-state index contributed by atoms with van der Waals surface area (Å²) in [4.78, 5) is 30.0. The monoisotopic (exact) mass is 611 g/mol. The number of aryl methyl sites for hydroxylation is 2. The zero-order valence-electron chi connectivity index (χ0n) is 25.8. The Morgan fingerprint density at radius 2 is 1.39 bits per heavy atom. The first-order valence-corrected chi connectivity index (χ1v) is 16.4. The largest absolute Gasteiger partial charge is 0.352 e. The molecular formula is C36H41N3O4S. The van der Waals surface area contributed by atoms with E-state index in [9.17, 15) is 18.0 Å². The minimum atomic E-state index is -4.12. The molecule has 0 saturated heterocycles. The summed E-state index contributed by atoms with van der Waals surface area (Å²) in [6, 6.07) is 31.5. The van der Waals surface area contributed by atoms with Gasteiger partial charge in [-0.1, -0.05) is 97.4 Å². The van der Waals surface area contributed by atoms with Crippen LogP contribution in [0.5, 0.6) is 0 Å². The number of nitrogens with one attached hydrogen (secondary N) is 1. The highest BCUT2D eigenvalue weighted by Gasteiger charge is 2.35. The van der Waals surface area contributed by atoms with Crippen molar-refractivity contribution >= 4 is 27.5 Å². The van der Waals surface area contributed by atoms with Crippen LogP contribution < -0.4 is 9.62 Å². The van der Waals surface area contributed by atoms with E-state index in [-0.39, 0.29) is 29.8 Å². The van der Waals surface area contributed by atoms with Gasteiger partial charge in [-0.15, -0.1) is 0 Å². The first-order valence-electron chi connectivity index (χ1n) is 14.9. The molecular weight excluding hydrogens is 570 g/mol. The number of amides is 2. The molecule has 7 nitrogen and oxygen atoms in total. The van der Waals surface area contributed by atoms with Crippen LogP contribution in [0, 0.1) is 13.8 Å². The second-order valence-electron chi connectivity index (χ2n) is 11.1. The number of hydrogen-bond acceptors (Lipinski definition) is 4. The summed E-state index contributed by atoms with van der Waals surface area (Å²) in [5.41, 5.74) is 4.03. The minimum absolute atomic E-state index is 0.0838. The van der Waals surface area contributed by atoms with E-state index in [1.54, 1.807) is 54.6 Å². The predicted molar refractivity (Wildman–Crippen MR) is 176 cm³/mol. The third-order valence-corrected chi connectivity index (χ3v) is 9.59. The molecule has 0 aromatic heterocycles. The van der Waals surface area contributed by atoms with Crippen molar-refractivity contribution in [2.24, 2.45) is 0 Å². The van der Waals surface area contributed by atoms with Gasteiger partial charge in [-0.25, -0.2) is 8.42 Å². The number of rotatable bonds is 13. The van der Waals surface area contributed by atoms with Crippen LogP contribution in [0.25, 0.3) is 0 Å². The van der Waals surface area contributed by atoms with Crippen molar-refractivity contribution in [2.45, 2.75) is 64.1 Å². The Labute approximate surface area is 261 Å². The van der Waals surface area contributed by atoms with Gasteiger partial charge in [-0.05, 0) is 68.1 Å². The van der Waals surface area contributed by atoms with Crippen molar-refractivity contribution in [3.05, 3.63) is 131 Å². The van der Waals surface area contributed by atoms with E-state index >= 15 is 0 Å². The molecule has 0 spiro atoms. The number of para-hydroxylation sites is 1. The maximum Gasteiger partial charge on any atom is 0.264 e. The minimum Gasteiger partial charge on any atom is -0.352 e. The van der Waals surface area contributed by atoms with Gasteiger partial charge in [0.25, 0.3) is 10.0 Å². The number of benzene rings is 4. The maximum atomic E-state index is 14.5. The second-order valence-corrected chi connectivity index (χ2v) is 13.0. The molecule has 0 fully saturated rings. The molecule has 1 N–H and O–H groups in total. The number of carbonyl (C=O) groups is 2. The Morgan fingerprint density at radius 1 is 0.795 bits per heavy atom. The average molecular weight is 612 g/mol. The third kappa shape index (κ3) is 8.14. The molecule has 0 radical (unpaired) electrons. The van der Waals surface area contributed by atoms with E-state index in [1.165, 1.54) is 4.90 Å². The highest BCUT2D eigenvalue weighted by atomic mass is 32.2. The van der Waals surface area contributed by atoms with Crippen LogP contribution in [-0.4, -0.2) is 43.8 Å². The van der Waals surface area contributed by atoms with Gasteiger partial charge in [-0.3, -0.25) is 13.9 Å². The Bertz CT molecular complexity index is 1640. The SMILES string of the molecule is CC[C@@H](C)NC(=O)[C@H](Cc1ccccc1)N(Cc1ccccc1C)C(=O)CN(c1ccccc1)S(=O)(=O)c1ccc(C)cc1. The topological polar surface area (TPSA) is 86.8 Å². The normalized spacial score (nSPS) is 12.6. The number of sulfonamides is 1. The van der Waals surface area contributed by atoms with E-state index < -0.39 is 28.5 Å². The van der Waals surface area contributed by atoms with Crippen LogP contribution in [0.15, 0.2) is 114 Å². The number of hydrogen-bond donors (Lipinski definition) is 1. The zero-order valence-corrected chi connectivity index (χ0v) is 26.6. The lowest BCUT2D eigenvalue weighted by Gasteiger charge is -2.34. The lowest BCUT2D eigenvalue weighted by Crippen LogP contribution is -2.54. The quantitative estimate of drug-likeness (QED) is 0.199. The van der Waals surface area contributed by atoms with Gasteiger partial charge < -0.3 is 10.2 Å². The molecule has 0 bridgehead atoms. The van der Waals surface area contributed by atoms with Crippen molar-refractivity contribution in [3.8, 4) is 0 Å². The Hall–Kier alpha value is -4.43. The maximum absolute atomic E-state index is 14.5. The molecule has 2 atom stereocenters. The summed E-state index contributed by atoms with van der Waals surface area (Å²) in [6.45, 7) is 7.42. The first-order chi connectivity index (χ1) is 21.1. The van der Waals surface area contributed by atoms with Crippen molar-refractivity contribution in [3.63, 3.8) is 0 Å². The summed E-state index contributed by atoms with van der Waals surface area (Å²) in [7, 11) is -4.12. The summed E-state index contributed by atoms with van der Waals surface area (Å²) in [6.07, 6.45) is 1.00. The van der Waals surface area contributed by atoms with E-state index in [1.807, 2.05) is 82.3 Å². The van der Waals surface area contributed by atoms with Crippen molar-refractivity contribution in [1.82, 2.24) is 10.2 Å². The fourth-order valence-corrected chi connectivity index (χ4v) is 6.34. The van der Waals surface area contributed by atoms with E-state index in [0.29, 0.717) is 5.69 Å². The van der Waals surface area contributed by atoms with Crippen molar-refractivity contribution < 1.29 is 18.0 Å². The lowest BCUT2D eigenvalue weighted by atomic mass is 10.0. The molecule has 0 unspecified atom stereocenters. The van der Waals surface area contributed by atoms with E-state index in [0.717, 1.165) is 33.0 Å². The van der Waals surface area contributed by atoms with Gasteiger partial charge in [0, 0.05) is 19.0 Å². The van der Waals surface area contributed by atoms with Crippen LogP contribution in [0.1, 0.15) is 42.5 Å². The molecule has 0 heterocycles. The van der Waals surface area contributed by atoms with Crippen molar-refractivity contribution in [1.29, 1.82) is 0 Å². The van der Waals surface area contributed by atoms with Gasteiger partial charge in [-0.2, -0.15) is 0 Å². The summed E-state index contributed by atoms with van der Waals surface area (Å²) in [5.74, 6) is -0.759. The van der Waals surface area contributed by atoms with E-state index in [2.05, 4.69) is 5.32 Å². The Balaban J connectivity index is 1.80. The molecule has 4 rings (SSSR count). The average Bonchev–Trinajstić information content (AvgIpc) is 3.03. The van der Waals surface area contributed by atoms with Crippen LogP contribution >= 0.6 is 0 Å². The smallest absolute Gasteiger partial charge is 0.264 e. The van der Waals surface area contributed by atoms with Crippen LogP contribution in [-0.2, 0) is 32.6 Å². The fraction of sp³-hybridized carbons (Fsp3) is 0.278. The highest BCUT2D eigenvalue weighted by Crippen LogP contribution is 2.25. The van der Waals surface area contributed by atoms with Gasteiger partial charge in [0.05, 0.1) is 10.6 Å². The second kappa shape index (κ2) is 14.8. The molecule has 0 aliphatic rings. The third-order valence-electron chi connectivity index (χ3n) is 7.81. The van der Waals surface area contributed by atoms with E-state index in [4.69, 9.17) is 0 Å². The van der Waals surface area contributed by atoms with Crippen LogP contribution in [0.2, 0.25) is 0 Å². The molecule has 230 valence electrons. The number of carbonyl (C=O) groups excluding carboxylic acids is 2. The van der Waals surface area contributed by atoms with Gasteiger partial charge in [0.2, 0.25) is 11.8 Å². The summed E-state index contributed by atoms with van der Waals surface area (Å²) < 4.78 is 29.3. The Kier molecular flexibility index (Phi) is 11.0. The molecule has 0 saturated carbocycles. The predicted octanol–water partition coefficient (Wildman–Crippen LogP) is 6.05. The molecule has 2 amide bonds. The molecule has 4 aromatic carbocycles. The molecule has 44 heavy (non-hydrogen) atoms. The van der Waals surface area contributed by atoms with Gasteiger partial charge >= 0.3 is 0 Å². The number of anilines is 1. The van der Waals surface area contributed by atoms with Crippen molar-refractivity contribution in [2.75, 3.05) is 10.8 Å². The van der Waals surface area contributed by atoms with Crippen LogP contribution in [0.3, 0.4) is 0 Å². The summed E-state index contributed by atoms with van der Waals surface area (Å²) in [5, 5.41) is 3.07. The first kappa shape index (κ1) is 32.5. The summed E-state index contributed by atoms with van der Waals surface area (Å²) >= 11 is 0. The van der Waals surface area contributed by atoms with Gasteiger partial charge in [0.15, 0.2) is 0 Å². The molecule has 0 aliphatic carbocycles. The highest BCUT2D eigenvalue weighted by molar-refractivity contribution is 7.92. The van der Waals surface area contributed by atoms with Crippen LogP contribution in [0.4, 0.5) is 5.69 Å². The molecule has 8 heteroatoms. The fourth-order valence-electron chi connectivity index (χ4n) is 4.93. The Morgan fingerprint density at radius 3 is 2.00 bits per heavy atom. The van der Waals surface area contributed by atoms with Gasteiger partial charge in [0.1, 0.15) is 12.6 Å². The lowest BCUT2D eigenvalue weighted by molar-refractivity contribution is -0.140. The number of nitrogens with zero attached hydrogens (tertiary/aromatic N) is 2.